The van der Waals surface area contributed by atoms with Gasteiger partial charge in [0.25, 0.3) is 5.56 Å². The number of nitrogens with one attached hydrogen (secondary N) is 1. The molecule has 1 aromatic rings. The van der Waals surface area contributed by atoms with E-state index in [4.69, 9.17) is 20.3 Å². The van der Waals surface area contributed by atoms with Gasteiger partial charge in [-0.15, -0.1) is 0 Å². The Morgan fingerprint density at radius 2 is 2.21 bits per heavy atom. The molecule has 0 aromatic carbocycles. The van der Waals surface area contributed by atoms with E-state index in [1.165, 1.54) is 18.3 Å². The fraction of sp³-hybridized carbons (Fsp3) is 0.500. The first kappa shape index (κ1) is 18.7. The fourth-order valence-corrected chi connectivity index (χ4v) is 2.58. The summed E-state index contributed by atoms with van der Waals surface area (Å²) in [4.78, 5) is 43.1. The van der Waals surface area contributed by atoms with Gasteiger partial charge in [0.15, 0.2) is 0 Å². The number of rotatable bonds is 6. The summed E-state index contributed by atoms with van der Waals surface area (Å²) in [7, 11) is -4.70. The van der Waals surface area contributed by atoms with Crippen molar-refractivity contribution in [1.82, 2.24) is 9.55 Å². The average molecular weight is 363 g/mol. The normalized spacial score (nSPS) is 24.8. The lowest BCUT2D eigenvalue weighted by atomic mass is 10.2. The molecule has 134 valence electrons. The van der Waals surface area contributed by atoms with E-state index in [1.807, 2.05) is 0 Å². The molecule has 11 nitrogen and oxygen atoms in total. The standard InChI is InChI=1S/C12H18N3O8P/c13-3-1-2-7-5-15(12(18)14-11(7)17)10-4-8(16)9(23-10)6-22-24(19,20)21/h1-2,5,8-10,16H,3-4,6,13H2,(H,14,17,18)(H2,19,20,21)/t8-,9+,10+/m0/s1. The maximum atomic E-state index is 11.9. The van der Waals surface area contributed by atoms with E-state index in [9.17, 15) is 19.3 Å². The number of nitrogens with zero attached hydrogens (tertiary/aromatic N) is 1. The average Bonchev–Trinajstić information content (AvgIpc) is 2.84. The number of aliphatic hydroxyl groups excluding tert-OH is 1. The molecule has 0 unspecified atom stereocenters. The van der Waals surface area contributed by atoms with E-state index < -0.39 is 44.1 Å². The molecule has 1 fully saturated rings. The predicted molar refractivity (Wildman–Crippen MR) is 81.9 cm³/mol. The Hall–Kier alpha value is -1.59. The summed E-state index contributed by atoms with van der Waals surface area (Å²) >= 11 is 0. The van der Waals surface area contributed by atoms with Crippen LogP contribution in [0.4, 0.5) is 0 Å². The highest BCUT2D eigenvalue weighted by atomic mass is 31.2. The topological polar surface area (TPSA) is 177 Å². The maximum Gasteiger partial charge on any atom is 0.469 e. The Kier molecular flexibility index (Phi) is 5.88. The third-order valence-electron chi connectivity index (χ3n) is 3.35. The Balaban J connectivity index is 2.20. The first-order chi connectivity index (χ1) is 11.2. The Bertz CT molecular complexity index is 766. The van der Waals surface area contributed by atoms with E-state index >= 15 is 0 Å². The van der Waals surface area contributed by atoms with Crippen molar-refractivity contribution in [3.8, 4) is 0 Å². The van der Waals surface area contributed by atoms with Gasteiger partial charge in [0, 0.05) is 19.2 Å². The number of hydrogen-bond donors (Lipinski definition) is 5. The monoisotopic (exact) mass is 363 g/mol. The molecule has 2 rings (SSSR count). The summed E-state index contributed by atoms with van der Waals surface area (Å²) in [6.45, 7) is -0.334. The molecule has 0 aliphatic carbocycles. The molecule has 1 aliphatic heterocycles. The number of aromatic nitrogens is 2. The van der Waals surface area contributed by atoms with E-state index in [0.717, 1.165) is 4.57 Å². The van der Waals surface area contributed by atoms with Crippen LogP contribution in [-0.2, 0) is 13.8 Å². The van der Waals surface area contributed by atoms with Crippen molar-refractivity contribution in [2.45, 2.75) is 24.9 Å². The largest absolute Gasteiger partial charge is 0.469 e. The number of ether oxygens (including phenoxy) is 1. The van der Waals surface area contributed by atoms with E-state index in [1.54, 1.807) is 0 Å². The first-order valence-corrected chi connectivity index (χ1v) is 8.50. The molecule has 2 heterocycles. The molecular formula is C12H18N3O8P. The van der Waals surface area contributed by atoms with Crippen LogP contribution in [0, 0.1) is 0 Å². The quantitative estimate of drug-likeness (QED) is 0.367. The van der Waals surface area contributed by atoms with Crippen molar-refractivity contribution in [1.29, 1.82) is 0 Å². The van der Waals surface area contributed by atoms with Crippen molar-refractivity contribution in [2.24, 2.45) is 5.73 Å². The number of aliphatic hydroxyl groups is 1. The summed E-state index contributed by atoms with van der Waals surface area (Å²) < 4.78 is 21.5. The zero-order chi connectivity index (χ0) is 17.9. The molecule has 3 atom stereocenters. The van der Waals surface area contributed by atoms with Crippen LogP contribution in [0.3, 0.4) is 0 Å². The molecule has 0 saturated carbocycles. The van der Waals surface area contributed by atoms with Crippen molar-refractivity contribution >= 4 is 13.9 Å². The molecule has 12 heteroatoms. The third-order valence-corrected chi connectivity index (χ3v) is 3.84. The molecule has 24 heavy (non-hydrogen) atoms. The van der Waals surface area contributed by atoms with Gasteiger partial charge in [0.2, 0.25) is 0 Å². The van der Waals surface area contributed by atoms with Crippen molar-refractivity contribution < 1.29 is 28.7 Å². The van der Waals surface area contributed by atoms with Crippen LogP contribution in [0.15, 0.2) is 21.9 Å². The van der Waals surface area contributed by atoms with Gasteiger partial charge in [-0.05, 0) is 0 Å². The first-order valence-electron chi connectivity index (χ1n) is 6.97. The van der Waals surface area contributed by atoms with Gasteiger partial charge < -0.3 is 25.4 Å². The second kappa shape index (κ2) is 7.53. The lowest BCUT2D eigenvalue weighted by Crippen LogP contribution is -2.33. The second-order valence-corrected chi connectivity index (χ2v) is 6.35. The van der Waals surface area contributed by atoms with Crippen molar-refractivity contribution in [2.75, 3.05) is 13.2 Å². The van der Waals surface area contributed by atoms with Crippen LogP contribution in [-0.4, -0.2) is 49.8 Å². The van der Waals surface area contributed by atoms with Crippen molar-refractivity contribution in [3.63, 3.8) is 0 Å². The van der Waals surface area contributed by atoms with Crippen LogP contribution in [0.5, 0.6) is 0 Å². The van der Waals surface area contributed by atoms with Crippen LogP contribution in [0.2, 0.25) is 0 Å². The zero-order valence-corrected chi connectivity index (χ0v) is 13.3. The summed E-state index contributed by atoms with van der Waals surface area (Å²) in [6.07, 6.45) is 1.18. The van der Waals surface area contributed by atoms with E-state index in [-0.39, 0.29) is 18.5 Å². The third kappa shape index (κ3) is 4.71. The molecule has 0 radical (unpaired) electrons. The minimum Gasteiger partial charge on any atom is -0.390 e. The van der Waals surface area contributed by atoms with Gasteiger partial charge >= 0.3 is 13.5 Å². The molecule has 0 bridgehead atoms. The lowest BCUT2D eigenvalue weighted by Gasteiger charge is -2.16. The number of nitrogens with two attached hydrogens (primary N) is 1. The number of hydrogen-bond acceptors (Lipinski definition) is 7. The predicted octanol–water partition coefficient (Wildman–Crippen LogP) is -1.73. The van der Waals surface area contributed by atoms with Crippen LogP contribution < -0.4 is 17.0 Å². The van der Waals surface area contributed by atoms with Gasteiger partial charge in [-0.2, -0.15) is 0 Å². The number of phosphoric ester groups is 1. The van der Waals surface area contributed by atoms with Crippen LogP contribution in [0.1, 0.15) is 18.2 Å². The number of H-pyrrole nitrogens is 1. The number of aromatic amines is 1. The summed E-state index contributed by atoms with van der Waals surface area (Å²) in [5.41, 5.74) is 4.16. The van der Waals surface area contributed by atoms with Crippen molar-refractivity contribution in [3.05, 3.63) is 38.7 Å². The summed E-state index contributed by atoms with van der Waals surface area (Å²) in [5.74, 6) is 0. The highest BCUT2D eigenvalue weighted by Gasteiger charge is 2.37. The fourth-order valence-electron chi connectivity index (χ4n) is 2.24. The van der Waals surface area contributed by atoms with Gasteiger partial charge in [0.1, 0.15) is 12.3 Å². The van der Waals surface area contributed by atoms with Gasteiger partial charge in [-0.1, -0.05) is 12.2 Å². The van der Waals surface area contributed by atoms with E-state index in [0.29, 0.717) is 0 Å². The molecular weight excluding hydrogens is 345 g/mol. The minimum absolute atomic E-state index is 0.0127. The zero-order valence-electron chi connectivity index (χ0n) is 12.4. The molecule has 6 N–H and O–H groups in total. The molecule has 1 aliphatic rings. The Morgan fingerprint density at radius 1 is 1.50 bits per heavy atom. The van der Waals surface area contributed by atoms with Gasteiger partial charge in [-0.3, -0.25) is 18.9 Å². The van der Waals surface area contributed by atoms with Gasteiger partial charge in [-0.25, -0.2) is 9.36 Å². The van der Waals surface area contributed by atoms with Crippen LogP contribution >= 0.6 is 7.82 Å². The summed E-state index contributed by atoms with van der Waals surface area (Å²) in [6, 6.07) is 0. The molecule has 0 amide bonds. The van der Waals surface area contributed by atoms with E-state index in [2.05, 4.69) is 9.51 Å². The summed E-state index contributed by atoms with van der Waals surface area (Å²) in [5, 5.41) is 9.90. The highest BCUT2D eigenvalue weighted by Crippen LogP contribution is 2.38. The lowest BCUT2D eigenvalue weighted by molar-refractivity contribution is -0.0451. The smallest absolute Gasteiger partial charge is 0.390 e. The Morgan fingerprint density at radius 3 is 2.83 bits per heavy atom. The Labute approximate surface area is 135 Å². The maximum absolute atomic E-state index is 11.9. The molecule has 1 saturated heterocycles. The second-order valence-electron chi connectivity index (χ2n) is 5.11. The minimum atomic E-state index is -4.70. The molecule has 1 aromatic heterocycles. The highest BCUT2D eigenvalue weighted by molar-refractivity contribution is 7.46. The SMILES string of the molecule is NCC=Cc1cn([C@H]2C[C@H](O)[C@@H](COP(=O)(O)O)O2)c(=O)[nH]c1=O. The number of phosphoric acid groups is 1. The van der Waals surface area contributed by atoms with Crippen LogP contribution in [0.25, 0.3) is 6.08 Å². The van der Waals surface area contributed by atoms with Gasteiger partial charge in [0.05, 0.1) is 18.3 Å². The molecule has 0 spiro atoms.